The van der Waals surface area contributed by atoms with Crippen LogP contribution in [0.3, 0.4) is 0 Å². The molecule has 0 unspecified atom stereocenters. The third kappa shape index (κ3) is 10.7. The van der Waals surface area contributed by atoms with Gasteiger partial charge in [0.1, 0.15) is 0 Å². The molecule has 0 aliphatic carbocycles. The summed E-state index contributed by atoms with van der Waals surface area (Å²) in [5.74, 6) is 0. The van der Waals surface area contributed by atoms with Crippen LogP contribution in [0.2, 0.25) is 0 Å². The maximum absolute atomic E-state index is 5.28. The summed E-state index contributed by atoms with van der Waals surface area (Å²) in [6.07, 6.45) is 5.20. The third-order valence-corrected chi connectivity index (χ3v) is 1.45. The standard InChI is InChI=1S/C9H16N2.2C2H6/c1-5-8(2)9(6-7-10)11(3)4;2*1-2/h5-7H,1,10H2,2-4H3;2*1-2H3/b7-6-,9-8-;;. The molecule has 0 saturated heterocycles. The molecular formula is C13H28N2. The van der Waals surface area contributed by atoms with Crippen molar-refractivity contribution in [3.05, 3.63) is 36.2 Å². The Morgan fingerprint density at radius 2 is 1.53 bits per heavy atom. The molecule has 0 aromatic rings. The topological polar surface area (TPSA) is 29.3 Å². The number of rotatable bonds is 3. The molecule has 0 rings (SSSR count). The van der Waals surface area contributed by atoms with E-state index in [4.69, 9.17) is 5.73 Å². The molecule has 2 N–H and O–H groups in total. The van der Waals surface area contributed by atoms with Gasteiger partial charge in [-0.25, -0.2) is 0 Å². The second-order valence-corrected chi connectivity index (χ2v) is 2.53. The first kappa shape index (κ1) is 19.4. The molecule has 2 nitrogen and oxygen atoms in total. The van der Waals surface area contributed by atoms with Gasteiger partial charge >= 0.3 is 0 Å². The Kier molecular flexibility index (Phi) is 19.8. The first-order valence-corrected chi connectivity index (χ1v) is 5.52. The highest BCUT2D eigenvalue weighted by Crippen LogP contribution is 2.08. The van der Waals surface area contributed by atoms with Crippen molar-refractivity contribution >= 4 is 0 Å². The summed E-state index contributed by atoms with van der Waals surface area (Å²) < 4.78 is 0. The van der Waals surface area contributed by atoms with E-state index in [1.54, 1.807) is 0 Å². The summed E-state index contributed by atoms with van der Waals surface area (Å²) in [6, 6.07) is 0. The Morgan fingerprint density at radius 3 is 1.73 bits per heavy atom. The molecule has 0 amide bonds. The fraction of sp³-hybridized carbons (Fsp3) is 0.538. The fourth-order valence-electron chi connectivity index (χ4n) is 0.829. The molecule has 0 spiro atoms. The highest BCUT2D eigenvalue weighted by atomic mass is 15.1. The Morgan fingerprint density at radius 1 is 1.13 bits per heavy atom. The van der Waals surface area contributed by atoms with E-state index in [0.717, 1.165) is 11.3 Å². The van der Waals surface area contributed by atoms with E-state index >= 15 is 0 Å². The van der Waals surface area contributed by atoms with Gasteiger partial charge in [0, 0.05) is 19.8 Å². The van der Waals surface area contributed by atoms with Crippen LogP contribution in [0, 0.1) is 0 Å². The van der Waals surface area contributed by atoms with Crippen molar-refractivity contribution in [1.82, 2.24) is 4.90 Å². The van der Waals surface area contributed by atoms with Gasteiger partial charge in [-0.3, -0.25) is 0 Å². The Labute approximate surface area is 96.2 Å². The molecule has 0 bridgehead atoms. The number of hydrogen-bond acceptors (Lipinski definition) is 2. The monoisotopic (exact) mass is 212 g/mol. The third-order valence-electron chi connectivity index (χ3n) is 1.45. The first-order chi connectivity index (χ1) is 7.13. The van der Waals surface area contributed by atoms with Gasteiger partial charge in [0.15, 0.2) is 0 Å². The van der Waals surface area contributed by atoms with E-state index in [2.05, 4.69) is 6.58 Å². The van der Waals surface area contributed by atoms with Gasteiger partial charge in [-0.15, -0.1) is 0 Å². The number of allylic oxidation sites excluding steroid dienone is 3. The van der Waals surface area contributed by atoms with Crippen LogP contribution >= 0.6 is 0 Å². The van der Waals surface area contributed by atoms with E-state index in [9.17, 15) is 0 Å². The summed E-state index contributed by atoms with van der Waals surface area (Å²) in [6.45, 7) is 13.7. The summed E-state index contributed by atoms with van der Waals surface area (Å²) >= 11 is 0. The summed E-state index contributed by atoms with van der Waals surface area (Å²) in [5, 5.41) is 0. The number of nitrogens with two attached hydrogens (primary N) is 1. The van der Waals surface area contributed by atoms with Crippen molar-refractivity contribution in [2.45, 2.75) is 34.6 Å². The number of hydrogen-bond donors (Lipinski definition) is 1. The minimum Gasteiger partial charge on any atom is -0.405 e. The van der Waals surface area contributed by atoms with Gasteiger partial charge in [0.2, 0.25) is 0 Å². The van der Waals surface area contributed by atoms with Crippen LogP contribution in [-0.2, 0) is 0 Å². The average molecular weight is 212 g/mol. The zero-order valence-electron chi connectivity index (χ0n) is 11.5. The molecule has 2 heteroatoms. The van der Waals surface area contributed by atoms with Crippen LogP contribution in [0.25, 0.3) is 0 Å². The van der Waals surface area contributed by atoms with Crippen molar-refractivity contribution in [2.75, 3.05) is 14.1 Å². The smallest absolute Gasteiger partial charge is 0.0404 e. The van der Waals surface area contributed by atoms with Gasteiger partial charge in [-0.05, 0) is 24.8 Å². The Hall–Kier alpha value is -1.18. The summed E-state index contributed by atoms with van der Waals surface area (Å²) in [5.41, 5.74) is 7.49. The predicted octanol–water partition coefficient (Wildman–Crippen LogP) is 3.53. The fourth-order valence-corrected chi connectivity index (χ4v) is 0.829. The predicted molar refractivity (Wildman–Crippen MR) is 72.6 cm³/mol. The molecule has 0 radical (unpaired) electrons. The lowest BCUT2D eigenvalue weighted by atomic mass is 10.2. The maximum atomic E-state index is 5.28. The molecule has 0 heterocycles. The lowest BCUT2D eigenvalue weighted by molar-refractivity contribution is 0.525. The quantitative estimate of drug-likeness (QED) is 0.725. The van der Waals surface area contributed by atoms with Gasteiger partial charge in [-0.1, -0.05) is 40.3 Å². The highest BCUT2D eigenvalue weighted by Gasteiger charge is 1.96. The molecule has 0 aromatic carbocycles. The number of nitrogens with zero attached hydrogens (tertiary/aromatic N) is 1. The van der Waals surface area contributed by atoms with Crippen LogP contribution in [0.5, 0.6) is 0 Å². The maximum Gasteiger partial charge on any atom is 0.0404 e. The number of likely N-dealkylation sites (N-methyl/N-ethyl adjacent to an activating group) is 1. The zero-order valence-corrected chi connectivity index (χ0v) is 11.5. The van der Waals surface area contributed by atoms with E-state index in [1.165, 1.54) is 6.20 Å². The highest BCUT2D eigenvalue weighted by molar-refractivity contribution is 5.28. The summed E-state index contributed by atoms with van der Waals surface area (Å²) in [4.78, 5) is 2.00. The minimum atomic E-state index is 1.09. The van der Waals surface area contributed by atoms with Crippen LogP contribution < -0.4 is 5.73 Å². The van der Waals surface area contributed by atoms with E-state index in [1.807, 2.05) is 65.8 Å². The molecule has 0 aliphatic rings. The molecule has 0 fully saturated rings. The molecule has 0 atom stereocenters. The first-order valence-electron chi connectivity index (χ1n) is 5.52. The van der Waals surface area contributed by atoms with Crippen molar-refractivity contribution in [1.29, 1.82) is 0 Å². The van der Waals surface area contributed by atoms with Gasteiger partial charge < -0.3 is 10.6 Å². The van der Waals surface area contributed by atoms with Crippen molar-refractivity contribution < 1.29 is 0 Å². The average Bonchev–Trinajstić information content (AvgIpc) is 2.30. The van der Waals surface area contributed by atoms with Crippen LogP contribution in [0.1, 0.15) is 34.6 Å². The Bertz CT molecular complexity index is 189. The Balaban J connectivity index is -0.000000318. The van der Waals surface area contributed by atoms with Crippen molar-refractivity contribution in [3.63, 3.8) is 0 Å². The van der Waals surface area contributed by atoms with Crippen molar-refractivity contribution in [2.24, 2.45) is 5.73 Å². The van der Waals surface area contributed by atoms with Crippen LogP contribution in [0.15, 0.2) is 36.2 Å². The van der Waals surface area contributed by atoms with Crippen LogP contribution in [-0.4, -0.2) is 19.0 Å². The van der Waals surface area contributed by atoms with Gasteiger partial charge in [-0.2, -0.15) is 0 Å². The minimum absolute atomic E-state index is 1.09. The van der Waals surface area contributed by atoms with E-state index in [-0.39, 0.29) is 0 Å². The molecule has 0 aliphatic heterocycles. The SMILES string of the molecule is C=C/C(C)=C(/C=C\N)N(C)C.CC.CC. The molecule has 90 valence electrons. The van der Waals surface area contributed by atoms with Gasteiger partial charge in [0.05, 0.1) is 0 Å². The van der Waals surface area contributed by atoms with Crippen LogP contribution in [0.4, 0.5) is 0 Å². The second kappa shape index (κ2) is 15.3. The van der Waals surface area contributed by atoms with Crippen molar-refractivity contribution in [3.8, 4) is 0 Å². The molecule has 0 saturated carbocycles. The second-order valence-electron chi connectivity index (χ2n) is 2.53. The molecule has 15 heavy (non-hydrogen) atoms. The largest absolute Gasteiger partial charge is 0.405 e. The lowest BCUT2D eigenvalue weighted by Gasteiger charge is -2.15. The normalized spacial score (nSPS) is 10.3. The summed E-state index contributed by atoms with van der Waals surface area (Å²) in [7, 11) is 3.95. The van der Waals surface area contributed by atoms with Gasteiger partial charge in [0.25, 0.3) is 0 Å². The molecular weight excluding hydrogens is 184 g/mol. The molecule has 0 aromatic heterocycles. The zero-order chi connectivity index (χ0) is 12.9. The lowest BCUT2D eigenvalue weighted by Crippen LogP contribution is -2.11. The van der Waals surface area contributed by atoms with E-state index in [0.29, 0.717) is 0 Å². The van der Waals surface area contributed by atoms with E-state index < -0.39 is 0 Å².